The first kappa shape index (κ1) is 13.0. The fourth-order valence-corrected chi connectivity index (χ4v) is 1.45. The van der Waals surface area contributed by atoms with Crippen molar-refractivity contribution in [3.8, 4) is 0 Å². The molecular weight excluding hydrogens is 222 g/mol. The number of rotatable bonds is 3. The second-order valence-electron chi connectivity index (χ2n) is 3.52. The predicted molar refractivity (Wildman–Crippen MR) is 53.5 cm³/mol. The van der Waals surface area contributed by atoms with Gasteiger partial charge in [-0.1, -0.05) is 13.0 Å². The van der Waals surface area contributed by atoms with Crippen LogP contribution < -0.4 is 5.32 Å². The fourth-order valence-electron chi connectivity index (χ4n) is 1.45. The normalized spacial score (nSPS) is 13.9. The molecule has 0 bridgehead atoms. The molecule has 0 radical (unpaired) electrons. The van der Waals surface area contributed by atoms with Crippen LogP contribution in [0, 0.1) is 5.82 Å². The summed E-state index contributed by atoms with van der Waals surface area (Å²) >= 11 is 0. The standard InChI is InChI=1S/C11H13F4N/c1-3-16-7(2)8-4-5-9(10(12)6-8)11(13,14)15/h4-7,16H,3H2,1-2H3. The molecule has 5 heteroatoms. The average molecular weight is 235 g/mol. The molecule has 1 atom stereocenters. The molecule has 1 unspecified atom stereocenters. The van der Waals surface area contributed by atoms with Gasteiger partial charge in [0.05, 0.1) is 5.56 Å². The van der Waals surface area contributed by atoms with Crippen molar-refractivity contribution in [2.24, 2.45) is 0 Å². The van der Waals surface area contributed by atoms with Gasteiger partial charge >= 0.3 is 6.18 Å². The first-order valence-electron chi connectivity index (χ1n) is 4.96. The first-order valence-corrected chi connectivity index (χ1v) is 4.96. The maximum atomic E-state index is 13.2. The van der Waals surface area contributed by atoms with Gasteiger partial charge in [-0.2, -0.15) is 13.2 Å². The van der Waals surface area contributed by atoms with Gasteiger partial charge in [0.15, 0.2) is 0 Å². The number of halogens is 4. The Morgan fingerprint density at radius 1 is 1.31 bits per heavy atom. The lowest BCUT2D eigenvalue weighted by Crippen LogP contribution is -2.18. The third-order valence-electron chi connectivity index (χ3n) is 2.31. The van der Waals surface area contributed by atoms with Crippen LogP contribution in [0.2, 0.25) is 0 Å². The molecule has 0 heterocycles. The van der Waals surface area contributed by atoms with Gasteiger partial charge in [0.2, 0.25) is 0 Å². The first-order chi connectivity index (χ1) is 7.36. The fraction of sp³-hybridized carbons (Fsp3) is 0.455. The van der Waals surface area contributed by atoms with Gasteiger partial charge in [-0.15, -0.1) is 0 Å². The predicted octanol–water partition coefficient (Wildman–Crippen LogP) is 3.52. The van der Waals surface area contributed by atoms with Crippen LogP contribution in [0.25, 0.3) is 0 Å². The Bertz CT molecular complexity index is 359. The van der Waals surface area contributed by atoms with Gasteiger partial charge in [0, 0.05) is 6.04 Å². The van der Waals surface area contributed by atoms with Gasteiger partial charge < -0.3 is 5.32 Å². The van der Waals surface area contributed by atoms with Crippen molar-refractivity contribution in [3.63, 3.8) is 0 Å². The SMILES string of the molecule is CCNC(C)c1ccc(C(F)(F)F)c(F)c1. The van der Waals surface area contributed by atoms with E-state index < -0.39 is 17.6 Å². The summed E-state index contributed by atoms with van der Waals surface area (Å²) in [6.45, 7) is 4.31. The summed E-state index contributed by atoms with van der Waals surface area (Å²) in [5, 5.41) is 3.00. The van der Waals surface area contributed by atoms with Crippen LogP contribution >= 0.6 is 0 Å². The molecule has 0 saturated heterocycles. The summed E-state index contributed by atoms with van der Waals surface area (Å²) in [5.41, 5.74) is -0.715. The summed E-state index contributed by atoms with van der Waals surface area (Å²) in [6.07, 6.45) is -4.63. The second-order valence-corrected chi connectivity index (χ2v) is 3.52. The highest BCUT2D eigenvalue weighted by atomic mass is 19.4. The van der Waals surface area contributed by atoms with Gasteiger partial charge in [-0.25, -0.2) is 4.39 Å². The molecule has 90 valence electrons. The topological polar surface area (TPSA) is 12.0 Å². The molecule has 0 aromatic heterocycles. The smallest absolute Gasteiger partial charge is 0.310 e. The van der Waals surface area contributed by atoms with Gasteiger partial charge in [-0.3, -0.25) is 0 Å². The van der Waals surface area contributed by atoms with E-state index in [-0.39, 0.29) is 6.04 Å². The quantitative estimate of drug-likeness (QED) is 0.790. The molecule has 0 aliphatic heterocycles. The molecule has 0 aliphatic carbocycles. The Morgan fingerprint density at radius 3 is 2.38 bits per heavy atom. The maximum absolute atomic E-state index is 13.2. The lowest BCUT2D eigenvalue weighted by molar-refractivity contribution is -0.140. The number of benzene rings is 1. The minimum atomic E-state index is -4.63. The van der Waals surface area contributed by atoms with Crippen molar-refractivity contribution in [2.45, 2.75) is 26.1 Å². The number of nitrogens with one attached hydrogen (secondary N) is 1. The lowest BCUT2D eigenvalue weighted by atomic mass is 10.1. The molecule has 0 spiro atoms. The molecule has 0 amide bonds. The van der Waals surface area contributed by atoms with Gasteiger partial charge in [-0.05, 0) is 31.2 Å². The molecule has 0 fully saturated rings. The zero-order valence-corrected chi connectivity index (χ0v) is 9.03. The lowest BCUT2D eigenvalue weighted by Gasteiger charge is -2.14. The maximum Gasteiger partial charge on any atom is 0.419 e. The summed E-state index contributed by atoms with van der Waals surface area (Å²) in [6, 6.07) is 2.83. The van der Waals surface area contributed by atoms with E-state index in [0.29, 0.717) is 12.1 Å². The van der Waals surface area contributed by atoms with Crippen molar-refractivity contribution in [2.75, 3.05) is 6.54 Å². The van der Waals surface area contributed by atoms with E-state index in [1.54, 1.807) is 6.92 Å². The molecule has 0 aliphatic rings. The van der Waals surface area contributed by atoms with Crippen molar-refractivity contribution in [3.05, 3.63) is 35.1 Å². The number of hydrogen-bond acceptors (Lipinski definition) is 1. The highest BCUT2D eigenvalue weighted by molar-refractivity contribution is 5.28. The largest absolute Gasteiger partial charge is 0.419 e. The molecule has 1 aromatic carbocycles. The highest BCUT2D eigenvalue weighted by Gasteiger charge is 2.34. The second kappa shape index (κ2) is 4.82. The van der Waals surface area contributed by atoms with Crippen LogP contribution in [0.1, 0.15) is 31.0 Å². The van der Waals surface area contributed by atoms with Crippen LogP contribution in [0.15, 0.2) is 18.2 Å². The minimum absolute atomic E-state index is 0.165. The zero-order valence-electron chi connectivity index (χ0n) is 9.03. The molecular formula is C11H13F4N. The molecule has 16 heavy (non-hydrogen) atoms. The molecule has 1 N–H and O–H groups in total. The Hall–Kier alpha value is -1.10. The van der Waals surface area contributed by atoms with Crippen molar-refractivity contribution < 1.29 is 17.6 Å². The van der Waals surface area contributed by atoms with Crippen LogP contribution in [-0.4, -0.2) is 6.54 Å². The minimum Gasteiger partial charge on any atom is -0.310 e. The summed E-state index contributed by atoms with van der Waals surface area (Å²) < 4.78 is 50.0. The Labute approximate surface area is 91.5 Å². The van der Waals surface area contributed by atoms with E-state index in [1.807, 2.05) is 6.92 Å². The van der Waals surface area contributed by atoms with Crippen molar-refractivity contribution in [1.29, 1.82) is 0 Å². The Balaban J connectivity index is 3.00. The monoisotopic (exact) mass is 235 g/mol. The van der Waals surface area contributed by atoms with E-state index in [9.17, 15) is 17.6 Å². The molecule has 1 rings (SSSR count). The van der Waals surface area contributed by atoms with Gasteiger partial charge in [0.1, 0.15) is 5.82 Å². The molecule has 0 saturated carbocycles. The van der Waals surface area contributed by atoms with Crippen LogP contribution in [-0.2, 0) is 6.18 Å². The molecule has 1 aromatic rings. The summed E-state index contributed by atoms with van der Waals surface area (Å²) in [7, 11) is 0. The number of hydrogen-bond donors (Lipinski definition) is 1. The highest BCUT2D eigenvalue weighted by Crippen LogP contribution is 2.32. The zero-order chi connectivity index (χ0) is 12.3. The van der Waals surface area contributed by atoms with Crippen LogP contribution in [0.4, 0.5) is 17.6 Å². The van der Waals surface area contributed by atoms with E-state index >= 15 is 0 Å². The summed E-state index contributed by atoms with van der Waals surface area (Å²) in [5.74, 6) is -1.23. The van der Waals surface area contributed by atoms with E-state index in [0.717, 1.165) is 12.1 Å². The van der Waals surface area contributed by atoms with E-state index in [4.69, 9.17) is 0 Å². The van der Waals surface area contributed by atoms with Crippen LogP contribution in [0.3, 0.4) is 0 Å². The summed E-state index contributed by atoms with van der Waals surface area (Å²) in [4.78, 5) is 0. The van der Waals surface area contributed by atoms with Crippen LogP contribution in [0.5, 0.6) is 0 Å². The van der Waals surface area contributed by atoms with Gasteiger partial charge in [0.25, 0.3) is 0 Å². The van der Waals surface area contributed by atoms with E-state index in [2.05, 4.69) is 5.32 Å². The van der Waals surface area contributed by atoms with Crippen molar-refractivity contribution in [1.82, 2.24) is 5.32 Å². The molecule has 1 nitrogen and oxygen atoms in total. The third kappa shape index (κ3) is 2.95. The van der Waals surface area contributed by atoms with E-state index in [1.165, 1.54) is 6.07 Å². The van der Waals surface area contributed by atoms with Crippen molar-refractivity contribution >= 4 is 0 Å². The number of alkyl halides is 3. The third-order valence-corrected chi connectivity index (χ3v) is 2.31. The Morgan fingerprint density at radius 2 is 1.94 bits per heavy atom. The average Bonchev–Trinajstić information content (AvgIpc) is 2.16. The Kier molecular flexibility index (Phi) is 3.91.